The Balaban J connectivity index is 1.16. The van der Waals surface area contributed by atoms with E-state index in [1.807, 2.05) is 0 Å². The van der Waals surface area contributed by atoms with Crippen molar-refractivity contribution in [1.82, 2.24) is 0 Å². The zero-order chi connectivity index (χ0) is 38.9. The zero-order valence-electron chi connectivity index (χ0n) is 33.1. The molecule has 9 aromatic carbocycles. The van der Waals surface area contributed by atoms with Crippen LogP contribution in [0.2, 0.25) is 0 Å². The number of anilines is 3. The fraction of sp³-hybridized carbons (Fsp3) is 0.107. The highest BCUT2D eigenvalue weighted by Gasteiger charge is 2.43. The maximum absolute atomic E-state index is 6.83. The molecule has 2 aliphatic carbocycles. The molecule has 1 heterocycles. The Bertz CT molecular complexity index is 3350. The average Bonchev–Trinajstić information content (AvgIpc) is 3.83. The molecule has 10 aromatic rings. The van der Waals surface area contributed by atoms with Gasteiger partial charge in [-0.05, 0) is 103 Å². The van der Waals surface area contributed by atoms with Gasteiger partial charge in [-0.2, -0.15) is 0 Å². The largest absolute Gasteiger partial charge is 0.454 e. The number of hydrogen-bond acceptors (Lipinski definition) is 2. The predicted octanol–water partition coefficient (Wildman–Crippen LogP) is 15.6. The maximum Gasteiger partial charge on any atom is 0.159 e. The molecule has 0 fully saturated rings. The summed E-state index contributed by atoms with van der Waals surface area (Å²) in [6.07, 6.45) is 0. The lowest BCUT2D eigenvalue weighted by Gasteiger charge is -2.31. The Morgan fingerprint density at radius 1 is 0.379 bits per heavy atom. The highest BCUT2D eigenvalue weighted by atomic mass is 16.3. The number of benzene rings is 9. The van der Waals surface area contributed by atoms with E-state index in [-0.39, 0.29) is 10.8 Å². The Hall–Kier alpha value is -6.90. The molecule has 1 aromatic heterocycles. The SMILES string of the molecule is CC1(C)c2cc3c(cc2-c2c1ccc1ccccc21)C(C)(C)c1cc(N(c2ccccc2-c2ccccc2)c2cccc4c2oc2ccccc24)c2ccccc2c1-3. The van der Waals surface area contributed by atoms with Crippen molar-refractivity contribution in [3.05, 3.63) is 198 Å². The van der Waals surface area contributed by atoms with Gasteiger partial charge in [0.15, 0.2) is 5.58 Å². The van der Waals surface area contributed by atoms with Crippen LogP contribution in [0.5, 0.6) is 0 Å². The highest BCUT2D eigenvalue weighted by molar-refractivity contribution is 6.15. The van der Waals surface area contributed by atoms with Gasteiger partial charge in [0, 0.05) is 32.6 Å². The summed E-state index contributed by atoms with van der Waals surface area (Å²) in [5.74, 6) is 0. The predicted molar refractivity (Wildman–Crippen MR) is 244 cm³/mol. The van der Waals surface area contributed by atoms with Crippen molar-refractivity contribution >= 4 is 60.5 Å². The minimum absolute atomic E-state index is 0.129. The number of furan rings is 1. The van der Waals surface area contributed by atoms with Crippen LogP contribution >= 0.6 is 0 Å². The third kappa shape index (κ3) is 4.43. The van der Waals surface area contributed by atoms with E-state index in [0.717, 1.165) is 44.6 Å². The standard InChI is InChI=1S/C56H41NO/c1-55(2)44-30-29-35-19-8-9-21-37(35)52(44)42-31-46-43(32-45(42)55)53-40-24-11-10-22-38(40)50(33-47(53)56(46,3)4)57(48-26-14-12-20-36(48)34-17-6-5-7-18-34)49-27-16-25-41-39-23-13-15-28-51(39)58-54(41)49/h5-33H,1-4H3. The number of nitrogens with zero attached hydrogens (tertiary/aromatic N) is 1. The minimum Gasteiger partial charge on any atom is -0.454 e. The molecule has 58 heavy (non-hydrogen) atoms. The molecule has 0 aliphatic heterocycles. The summed E-state index contributed by atoms with van der Waals surface area (Å²) in [4.78, 5) is 2.47. The van der Waals surface area contributed by atoms with E-state index in [1.165, 1.54) is 71.6 Å². The van der Waals surface area contributed by atoms with Crippen LogP contribution in [-0.2, 0) is 10.8 Å². The molecule has 0 radical (unpaired) electrons. The minimum atomic E-state index is -0.272. The third-order valence-electron chi connectivity index (χ3n) is 13.4. The summed E-state index contributed by atoms with van der Waals surface area (Å²) < 4.78 is 6.83. The first-order valence-electron chi connectivity index (χ1n) is 20.4. The first-order chi connectivity index (χ1) is 28.3. The molecule has 0 spiro atoms. The van der Waals surface area contributed by atoms with Gasteiger partial charge in [-0.15, -0.1) is 0 Å². The van der Waals surface area contributed by atoms with Crippen molar-refractivity contribution in [3.8, 4) is 33.4 Å². The van der Waals surface area contributed by atoms with E-state index in [9.17, 15) is 0 Å². The first-order valence-corrected chi connectivity index (χ1v) is 20.4. The van der Waals surface area contributed by atoms with Crippen LogP contribution in [-0.4, -0.2) is 0 Å². The van der Waals surface area contributed by atoms with Crippen LogP contribution in [0.15, 0.2) is 180 Å². The summed E-state index contributed by atoms with van der Waals surface area (Å²) >= 11 is 0. The Morgan fingerprint density at radius 2 is 0.966 bits per heavy atom. The van der Waals surface area contributed by atoms with Crippen LogP contribution < -0.4 is 4.90 Å². The Morgan fingerprint density at radius 3 is 1.76 bits per heavy atom. The van der Waals surface area contributed by atoms with Crippen molar-refractivity contribution in [3.63, 3.8) is 0 Å². The molecule has 0 unspecified atom stereocenters. The Kier molecular flexibility index (Phi) is 6.78. The zero-order valence-corrected chi connectivity index (χ0v) is 33.1. The van der Waals surface area contributed by atoms with E-state index in [2.05, 4.69) is 209 Å². The van der Waals surface area contributed by atoms with E-state index < -0.39 is 0 Å². The molecule has 0 saturated carbocycles. The molecule has 0 saturated heterocycles. The normalized spacial score (nSPS) is 14.5. The van der Waals surface area contributed by atoms with Gasteiger partial charge in [0.25, 0.3) is 0 Å². The first kappa shape index (κ1) is 33.3. The third-order valence-corrected chi connectivity index (χ3v) is 13.4. The lowest BCUT2D eigenvalue weighted by atomic mass is 9.79. The second-order valence-electron chi connectivity index (χ2n) is 17.2. The van der Waals surface area contributed by atoms with Crippen molar-refractivity contribution in [2.45, 2.75) is 38.5 Å². The lowest BCUT2D eigenvalue weighted by molar-refractivity contribution is 0.652. The topological polar surface area (TPSA) is 16.4 Å². The number of fused-ring (bicyclic) bond motifs is 13. The van der Waals surface area contributed by atoms with Gasteiger partial charge >= 0.3 is 0 Å². The highest BCUT2D eigenvalue weighted by Crippen LogP contribution is 2.60. The van der Waals surface area contributed by atoms with Crippen LogP contribution in [0.25, 0.3) is 76.9 Å². The lowest BCUT2D eigenvalue weighted by Crippen LogP contribution is -2.18. The molecule has 12 rings (SSSR count). The molecule has 2 nitrogen and oxygen atoms in total. The molecular formula is C56H41NO. The molecule has 0 amide bonds. The van der Waals surface area contributed by atoms with E-state index in [0.29, 0.717) is 0 Å². The quantitative estimate of drug-likeness (QED) is 0.178. The van der Waals surface area contributed by atoms with Crippen molar-refractivity contribution < 1.29 is 4.42 Å². The van der Waals surface area contributed by atoms with Crippen LogP contribution in [0, 0.1) is 0 Å². The van der Waals surface area contributed by atoms with Crippen molar-refractivity contribution in [1.29, 1.82) is 0 Å². The van der Waals surface area contributed by atoms with Gasteiger partial charge in [-0.1, -0.05) is 167 Å². The summed E-state index contributed by atoms with van der Waals surface area (Å²) in [7, 11) is 0. The molecule has 2 heteroatoms. The van der Waals surface area contributed by atoms with E-state index in [1.54, 1.807) is 0 Å². The summed E-state index contributed by atoms with van der Waals surface area (Å²) in [6, 6.07) is 64.8. The van der Waals surface area contributed by atoms with Crippen molar-refractivity contribution in [2.24, 2.45) is 0 Å². The van der Waals surface area contributed by atoms with Gasteiger partial charge < -0.3 is 9.32 Å². The van der Waals surface area contributed by atoms with Gasteiger partial charge in [-0.25, -0.2) is 0 Å². The maximum atomic E-state index is 6.83. The Labute approximate surface area is 338 Å². The van der Waals surface area contributed by atoms with Crippen LogP contribution in [0.1, 0.15) is 49.9 Å². The molecule has 0 bridgehead atoms. The second kappa shape index (κ2) is 11.8. The number of rotatable bonds is 4. The molecule has 0 atom stereocenters. The van der Waals surface area contributed by atoms with Gasteiger partial charge in [0.2, 0.25) is 0 Å². The second-order valence-corrected chi connectivity index (χ2v) is 17.2. The van der Waals surface area contributed by atoms with E-state index >= 15 is 0 Å². The average molecular weight is 744 g/mol. The van der Waals surface area contributed by atoms with Crippen molar-refractivity contribution in [2.75, 3.05) is 4.90 Å². The number of hydrogen-bond donors (Lipinski definition) is 0. The monoisotopic (exact) mass is 743 g/mol. The van der Waals surface area contributed by atoms with Gasteiger partial charge in [0.1, 0.15) is 5.58 Å². The van der Waals surface area contributed by atoms with Gasteiger partial charge in [-0.3, -0.25) is 0 Å². The fourth-order valence-corrected chi connectivity index (χ4v) is 10.6. The summed E-state index contributed by atoms with van der Waals surface area (Å²) in [6.45, 7) is 9.66. The molecule has 276 valence electrons. The van der Waals surface area contributed by atoms with Crippen LogP contribution in [0.4, 0.5) is 17.1 Å². The number of para-hydroxylation sites is 3. The molecular weight excluding hydrogens is 703 g/mol. The molecule has 2 aliphatic rings. The smallest absolute Gasteiger partial charge is 0.159 e. The summed E-state index contributed by atoms with van der Waals surface area (Å²) in [5.41, 5.74) is 17.9. The molecule has 0 N–H and O–H groups in total. The van der Waals surface area contributed by atoms with E-state index in [4.69, 9.17) is 4.42 Å². The van der Waals surface area contributed by atoms with Gasteiger partial charge in [0.05, 0.1) is 17.1 Å². The fourth-order valence-electron chi connectivity index (χ4n) is 10.6. The van der Waals surface area contributed by atoms with Crippen LogP contribution in [0.3, 0.4) is 0 Å². The summed E-state index contributed by atoms with van der Waals surface area (Å²) in [5, 5.41) is 7.32.